The van der Waals surface area contributed by atoms with E-state index in [1.165, 1.54) is 0 Å². The molecule has 5 N–H and O–H groups in total. The molecule has 2 aromatic carbocycles. The molecule has 2 atom stereocenters. The number of aromatic hydroxyl groups is 5. The van der Waals surface area contributed by atoms with Crippen LogP contribution in [0, 0.1) is 5.92 Å². The molecule has 3 rings (SSSR count). The Morgan fingerprint density at radius 2 is 1.57 bits per heavy atom. The fourth-order valence-electron chi connectivity index (χ4n) is 4.53. The van der Waals surface area contributed by atoms with Gasteiger partial charge in [0.25, 0.3) is 0 Å². The summed E-state index contributed by atoms with van der Waals surface area (Å²) in [5.41, 5.74) is 3.52. The van der Waals surface area contributed by atoms with Gasteiger partial charge in [-0.05, 0) is 59.8 Å². The molecule has 0 saturated carbocycles. The van der Waals surface area contributed by atoms with Gasteiger partial charge in [-0.1, -0.05) is 35.5 Å². The van der Waals surface area contributed by atoms with Crippen LogP contribution >= 0.6 is 0 Å². The standard InChI is InChI=1S/C30H36O7/c1-15(2)7-9-18(17(5)6)11-21-28(35)20(10-8-16(3)4)29(36)27-24(34)14-25(37-30(21)27)26-22(32)12-19(31)13-23(26)33/h7-8,12-13,18,25,31-33,35-36H,5,9-11,14H2,1-4,6H3/t18-,25-/m0/s1. The third-order valence-electron chi connectivity index (χ3n) is 6.62. The predicted octanol–water partition coefficient (Wildman–Crippen LogP) is 6.52. The number of allylic oxidation sites excluding steroid dienone is 5. The molecule has 1 aliphatic heterocycles. The number of phenolic OH excluding ortho intramolecular Hbond substituents is 5. The van der Waals surface area contributed by atoms with Gasteiger partial charge in [0.05, 0.1) is 12.0 Å². The van der Waals surface area contributed by atoms with Crippen molar-refractivity contribution >= 4 is 5.78 Å². The zero-order valence-electron chi connectivity index (χ0n) is 22.1. The van der Waals surface area contributed by atoms with Crippen LogP contribution in [0.25, 0.3) is 0 Å². The fourth-order valence-corrected chi connectivity index (χ4v) is 4.53. The molecule has 0 aromatic heterocycles. The second-order valence-corrected chi connectivity index (χ2v) is 10.2. The highest BCUT2D eigenvalue weighted by Crippen LogP contribution is 2.51. The molecule has 0 bridgehead atoms. The normalized spacial score (nSPS) is 15.4. The zero-order valence-corrected chi connectivity index (χ0v) is 22.1. The van der Waals surface area contributed by atoms with E-state index in [-0.39, 0.29) is 58.4 Å². The number of hydrogen-bond donors (Lipinski definition) is 5. The Morgan fingerprint density at radius 3 is 2.11 bits per heavy atom. The number of ketones is 1. The first-order chi connectivity index (χ1) is 17.3. The van der Waals surface area contributed by atoms with Crippen molar-refractivity contribution in [3.05, 3.63) is 69.8 Å². The van der Waals surface area contributed by atoms with Crippen molar-refractivity contribution in [2.24, 2.45) is 5.92 Å². The molecule has 0 aliphatic carbocycles. The molecule has 0 unspecified atom stereocenters. The maximum atomic E-state index is 13.4. The first-order valence-electron chi connectivity index (χ1n) is 12.3. The number of Topliss-reactive ketones (excluding diaryl/α,β-unsaturated/α-hetero) is 1. The lowest BCUT2D eigenvalue weighted by Gasteiger charge is -2.31. The molecule has 0 amide bonds. The van der Waals surface area contributed by atoms with E-state index >= 15 is 0 Å². The minimum atomic E-state index is -1.09. The zero-order chi connectivity index (χ0) is 27.6. The third-order valence-corrected chi connectivity index (χ3v) is 6.62. The summed E-state index contributed by atoms with van der Waals surface area (Å²) in [4.78, 5) is 13.4. The van der Waals surface area contributed by atoms with Gasteiger partial charge in [0.15, 0.2) is 5.78 Å². The van der Waals surface area contributed by atoms with Crippen LogP contribution < -0.4 is 4.74 Å². The number of hydrogen-bond acceptors (Lipinski definition) is 7. The lowest BCUT2D eigenvalue weighted by atomic mass is 9.84. The van der Waals surface area contributed by atoms with Gasteiger partial charge < -0.3 is 30.3 Å². The van der Waals surface area contributed by atoms with Gasteiger partial charge in [0, 0.05) is 23.3 Å². The molecule has 7 heteroatoms. The van der Waals surface area contributed by atoms with Crippen molar-refractivity contribution in [3.63, 3.8) is 0 Å². The number of rotatable bonds is 8. The van der Waals surface area contributed by atoms with Gasteiger partial charge in [-0.15, -0.1) is 0 Å². The molecular formula is C30H36O7. The average Bonchev–Trinajstić information content (AvgIpc) is 2.76. The van der Waals surface area contributed by atoms with Gasteiger partial charge in [-0.25, -0.2) is 0 Å². The Morgan fingerprint density at radius 1 is 0.973 bits per heavy atom. The van der Waals surface area contributed by atoms with E-state index in [1.54, 1.807) is 0 Å². The summed E-state index contributed by atoms with van der Waals surface area (Å²) < 4.78 is 6.17. The van der Waals surface area contributed by atoms with Crippen molar-refractivity contribution in [1.82, 2.24) is 0 Å². The summed E-state index contributed by atoms with van der Waals surface area (Å²) in [5.74, 6) is -2.23. The maximum Gasteiger partial charge on any atom is 0.174 e. The molecule has 0 spiro atoms. The van der Waals surface area contributed by atoms with Gasteiger partial charge in [-0.3, -0.25) is 4.79 Å². The fraction of sp³-hybridized carbons (Fsp3) is 0.367. The number of carbonyl (C=O) groups excluding carboxylic acids is 1. The predicted molar refractivity (Wildman–Crippen MR) is 143 cm³/mol. The van der Waals surface area contributed by atoms with Crippen molar-refractivity contribution < 1.29 is 35.1 Å². The Hall–Kier alpha value is -3.87. The number of benzene rings is 2. The molecule has 1 aliphatic rings. The minimum absolute atomic E-state index is 0.0209. The Labute approximate surface area is 217 Å². The molecule has 7 nitrogen and oxygen atoms in total. The quantitative estimate of drug-likeness (QED) is 0.257. The van der Waals surface area contributed by atoms with Crippen LogP contribution in [0.15, 0.2) is 47.6 Å². The van der Waals surface area contributed by atoms with Crippen LogP contribution in [0.1, 0.15) is 80.6 Å². The molecule has 1 heterocycles. The number of ether oxygens (including phenoxy) is 1. The van der Waals surface area contributed by atoms with Crippen LogP contribution in [0.5, 0.6) is 34.5 Å². The highest BCUT2D eigenvalue weighted by Gasteiger charge is 2.38. The van der Waals surface area contributed by atoms with Gasteiger partial charge in [0.2, 0.25) is 0 Å². The highest BCUT2D eigenvalue weighted by molar-refractivity contribution is 6.04. The summed E-state index contributed by atoms with van der Waals surface area (Å²) >= 11 is 0. The maximum absolute atomic E-state index is 13.4. The molecule has 2 aromatic rings. The van der Waals surface area contributed by atoms with Crippen LogP contribution in [0.2, 0.25) is 0 Å². The third kappa shape index (κ3) is 5.93. The Bertz CT molecular complexity index is 1270. The van der Waals surface area contributed by atoms with E-state index < -0.39 is 23.4 Å². The van der Waals surface area contributed by atoms with Crippen molar-refractivity contribution in [2.75, 3.05) is 0 Å². The summed E-state index contributed by atoms with van der Waals surface area (Å²) in [6, 6.07) is 2.10. The Kier molecular flexibility index (Phi) is 8.26. The van der Waals surface area contributed by atoms with E-state index in [0.717, 1.165) is 28.9 Å². The molecule has 0 saturated heterocycles. The van der Waals surface area contributed by atoms with E-state index in [1.807, 2.05) is 40.7 Å². The van der Waals surface area contributed by atoms with Crippen LogP contribution in [0.3, 0.4) is 0 Å². The first-order valence-corrected chi connectivity index (χ1v) is 12.3. The molecule has 0 fully saturated rings. The summed E-state index contributed by atoms with van der Waals surface area (Å²) in [6.07, 6.45) is 3.75. The van der Waals surface area contributed by atoms with E-state index in [9.17, 15) is 30.3 Å². The largest absolute Gasteiger partial charge is 0.508 e. The molecule has 37 heavy (non-hydrogen) atoms. The SMILES string of the molecule is C=C(C)[C@@H](CC=C(C)C)Cc1c(O)c(CC=C(C)C)c(O)c2c1O[C@H](c1c(O)cc(O)cc1O)CC2=O. The van der Waals surface area contributed by atoms with Crippen molar-refractivity contribution in [3.8, 4) is 34.5 Å². The smallest absolute Gasteiger partial charge is 0.174 e. The number of phenols is 5. The van der Waals surface area contributed by atoms with E-state index in [4.69, 9.17) is 4.74 Å². The van der Waals surface area contributed by atoms with Gasteiger partial charge >= 0.3 is 0 Å². The topological polar surface area (TPSA) is 127 Å². The second kappa shape index (κ2) is 11.0. The lowest BCUT2D eigenvalue weighted by Crippen LogP contribution is -2.23. The van der Waals surface area contributed by atoms with Crippen molar-refractivity contribution in [1.29, 1.82) is 0 Å². The monoisotopic (exact) mass is 508 g/mol. The number of fused-ring (bicyclic) bond motifs is 1. The van der Waals surface area contributed by atoms with E-state index in [0.29, 0.717) is 18.4 Å². The molecule has 0 radical (unpaired) electrons. The molecular weight excluding hydrogens is 472 g/mol. The average molecular weight is 509 g/mol. The Balaban J connectivity index is 2.22. The van der Waals surface area contributed by atoms with Crippen LogP contribution in [-0.2, 0) is 12.8 Å². The van der Waals surface area contributed by atoms with Gasteiger partial charge in [-0.2, -0.15) is 0 Å². The lowest BCUT2D eigenvalue weighted by molar-refractivity contribution is 0.0835. The first kappa shape index (κ1) is 27.7. The van der Waals surface area contributed by atoms with Crippen LogP contribution in [-0.4, -0.2) is 31.3 Å². The highest BCUT2D eigenvalue weighted by atomic mass is 16.5. The van der Waals surface area contributed by atoms with E-state index in [2.05, 4.69) is 12.7 Å². The number of carbonyl (C=O) groups is 1. The van der Waals surface area contributed by atoms with Crippen LogP contribution in [0.4, 0.5) is 0 Å². The minimum Gasteiger partial charge on any atom is -0.508 e. The summed E-state index contributed by atoms with van der Waals surface area (Å²) in [6.45, 7) is 13.8. The summed E-state index contributed by atoms with van der Waals surface area (Å²) in [5, 5.41) is 53.0. The summed E-state index contributed by atoms with van der Waals surface area (Å²) in [7, 11) is 0. The van der Waals surface area contributed by atoms with Crippen molar-refractivity contribution in [2.45, 2.75) is 66.4 Å². The molecule has 198 valence electrons. The van der Waals surface area contributed by atoms with Gasteiger partial charge in [0.1, 0.15) is 46.2 Å². The second-order valence-electron chi connectivity index (χ2n) is 10.2.